The molecule has 0 atom stereocenters. The lowest BCUT2D eigenvalue weighted by atomic mass is 9.93. The van der Waals surface area contributed by atoms with E-state index < -0.39 is 0 Å². The lowest BCUT2D eigenvalue weighted by Gasteiger charge is -2.10. The first kappa shape index (κ1) is 17.5. The highest BCUT2D eigenvalue weighted by molar-refractivity contribution is 6.00. The van der Waals surface area contributed by atoms with Crippen LogP contribution in [0.25, 0.3) is 27.5 Å². The maximum Gasteiger partial charge on any atom is 0.123 e. The Bertz CT molecular complexity index is 1120. The number of hydrogen-bond acceptors (Lipinski definition) is 1. The van der Waals surface area contributed by atoms with Gasteiger partial charge in [-0.25, -0.2) is 4.39 Å². The molecular formula is C24H22FNO. The van der Waals surface area contributed by atoms with Crippen LogP contribution in [-0.4, -0.2) is 10.7 Å². The molecule has 2 aromatic carbocycles. The van der Waals surface area contributed by atoms with E-state index in [2.05, 4.69) is 48.7 Å². The third kappa shape index (κ3) is 2.93. The van der Waals surface area contributed by atoms with Crippen LogP contribution in [0.5, 0.6) is 0 Å². The van der Waals surface area contributed by atoms with Gasteiger partial charge in [0.15, 0.2) is 0 Å². The third-order valence-electron chi connectivity index (χ3n) is 5.17. The first-order valence-electron chi connectivity index (χ1n) is 9.36. The van der Waals surface area contributed by atoms with Gasteiger partial charge in [-0.3, -0.25) is 0 Å². The molecule has 0 spiro atoms. The second-order valence-corrected chi connectivity index (χ2v) is 7.23. The average Bonchev–Trinajstić information content (AvgIpc) is 3.01. The molecule has 4 rings (SSSR count). The topological polar surface area (TPSA) is 21.5 Å². The van der Waals surface area contributed by atoms with E-state index in [0.717, 1.165) is 17.5 Å². The fraction of sp³-hybridized carbons (Fsp3) is 0.208. The van der Waals surface area contributed by atoms with Crippen LogP contribution in [0.2, 0.25) is 0 Å². The third-order valence-corrected chi connectivity index (χ3v) is 5.17. The van der Waals surface area contributed by atoms with E-state index in [1.54, 1.807) is 0 Å². The SMILES string of the molecule is CC(C)c1c(CCC=O)c(-c2ccc(F)cc2)n2ccc3ccccc3c12. The largest absolute Gasteiger partial charge is 0.315 e. The first-order valence-corrected chi connectivity index (χ1v) is 9.36. The highest BCUT2D eigenvalue weighted by Crippen LogP contribution is 2.39. The Morgan fingerprint density at radius 2 is 1.78 bits per heavy atom. The van der Waals surface area contributed by atoms with Gasteiger partial charge in [0.25, 0.3) is 0 Å². The standard InChI is InChI=1S/C24H22FNO/c1-16(2)22-21(8-5-15-27)23(18-9-11-19(25)12-10-18)26-14-13-17-6-3-4-7-20(17)24(22)26/h3-4,6-7,9-16H,5,8H2,1-2H3. The molecule has 0 aliphatic heterocycles. The summed E-state index contributed by atoms with van der Waals surface area (Å²) < 4.78 is 15.7. The van der Waals surface area contributed by atoms with E-state index in [1.165, 1.54) is 39.5 Å². The van der Waals surface area contributed by atoms with Crippen molar-refractivity contribution in [2.45, 2.75) is 32.6 Å². The predicted molar refractivity (Wildman–Crippen MR) is 109 cm³/mol. The highest BCUT2D eigenvalue weighted by atomic mass is 19.1. The number of carbonyl (C=O) groups excluding carboxylic acids is 1. The summed E-state index contributed by atoms with van der Waals surface area (Å²) in [7, 11) is 0. The van der Waals surface area contributed by atoms with Crippen LogP contribution in [0.1, 0.15) is 37.3 Å². The lowest BCUT2D eigenvalue weighted by Crippen LogP contribution is -1.96. The second kappa shape index (κ2) is 6.99. The lowest BCUT2D eigenvalue weighted by molar-refractivity contribution is -0.107. The van der Waals surface area contributed by atoms with Crippen molar-refractivity contribution in [1.82, 2.24) is 4.40 Å². The van der Waals surface area contributed by atoms with Gasteiger partial charge in [0.1, 0.15) is 12.1 Å². The zero-order valence-electron chi connectivity index (χ0n) is 15.6. The molecule has 2 nitrogen and oxygen atoms in total. The molecule has 136 valence electrons. The molecule has 0 saturated carbocycles. The Labute approximate surface area is 158 Å². The number of fused-ring (bicyclic) bond motifs is 3. The molecule has 0 bridgehead atoms. The molecule has 0 amide bonds. The van der Waals surface area contributed by atoms with Crippen molar-refractivity contribution in [2.75, 3.05) is 0 Å². The van der Waals surface area contributed by atoms with Gasteiger partial charge in [0, 0.05) is 18.0 Å². The van der Waals surface area contributed by atoms with Crippen LogP contribution >= 0.6 is 0 Å². The number of halogens is 1. The van der Waals surface area contributed by atoms with Gasteiger partial charge < -0.3 is 9.20 Å². The molecule has 0 N–H and O–H groups in total. The molecule has 3 heteroatoms. The van der Waals surface area contributed by atoms with E-state index in [9.17, 15) is 9.18 Å². The Hall–Kier alpha value is -2.94. The van der Waals surface area contributed by atoms with Crippen LogP contribution in [0.15, 0.2) is 60.8 Å². The molecule has 4 aromatic rings. The average molecular weight is 359 g/mol. The number of aldehydes is 1. The Kier molecular flexibility index (Phi) is 4.53. The Balaban J connectivity index is 2.15. The number of aromatic nitrogens is 1. The maximum atomic E-state index is 13.5. The van der Waals surface area contributed by atoms with Gasteiger partial charge in [-0.05, 0) is 64.7 Å². The van der Waals surface area contributed by atoms with Crippen molar-refractivity contribution in [3.8, 4) is 11.3 Å². The van der Waals surface area contributed by atoms with E-state index in [0.29, 0.717) is 18.8 Å². The highest BCUT2D eigenvalue weighted by Gasteiger charge is 2.22. The summed E-state index contributed by atoms with van der Waals surface area (Å²) in [4.78, 5) is 11.1. The van der Waals surface area contributed by atoms with Crippen molar-refractivity contribution >= 4 is 22.6 Å². The molecule has 0 aliphatic carbocycles. The number of hydrogen-bond donors (Lipinski definition) is 0. The van der Waals surface area contributed by atoms with E-state index in [-0.39, 0.29) is 5.82 Å². The second-order valence-electron chi connectivity index (χ2n) is 7.23. The molecule has 0 aliphatic rings. The normalized spacial score (nSPS) is 11.6. The molecule has 27 heavy (non-hydrogen) atoms. The van der Waals surface area contributed by atoms with Crippen molar-refractivity contribution in [3.05, 3.63) is 77.7 Å². The summed E-state index contributed by atoms with van der Waals surface area (Å²) in [6, 6.07) is 17.1. The molecule has 0 unspecified atom stereocenters. The molecule has 2 heterocycles. The molecule has 0 saturated heterocycles. The van der Waals surface area contributed by atoms with E-state index in [1.807, 2.05) is 18.2 Å². The summed E-state index contributed by atoms with van der Waals surface area (Å²) >= 11 is 0. The van der Waals surface area contributed by atoms with Crippen LogP contribution in [-0.2, 0) is 11.2 Å². The smallest absolute Gasteiger partial charge is 0.123 e. The van der Waals surface area contributed by atoms with Crippen molar-refractivity contribution in [1.29, 1.82) is 0 Å². The van der Waals surface area contributed by atoms with Crippen LogP contribution in [0.3, 0.4) is 0 Å². The maximum absolute atomic E-state index is 13.5. The monoisotopic (exact) mass is 359 g/mol. The Morgan fingerprint density at radius 1 is 1.04 bits per heavy atom. The molecule has 0 radical (unpaired) electrons. The number of nitrogens with zero attached hydrogens (tertiary/aromatic N) is 1. The molecular weight excluding hydrogens is 337 g/mol. The van der Waals surface area contributed by atoms with Crippen LogP contribution < -0.4 is 0 Å². The summed E-state index contributed by atoms with van der Waals surface area (Å²) in [6.45, 7) is 4.38. The Morgan fingerprint density at radius 3 is 2.48 bits per heavy atom. The van der Waals surface area contributed by atoms with Gasteiger partial charge >= 0.3 is 0 Å². The van der Waals surface area contributed by atoms with E-state index in [4.69, 9.17) is 0 Å². The van der Waals surface area contributed by atoms with Gasteiger partial charge in [0.2, 0.25) is 0 Å². The van der Waals surface area contributed by atoms with Gasteiger partial charge in [-0.1, -0.05) is 38.1 Å². The van der Waals surface area contributed by atoms with Gasteiger partial charge in [-0.2, -0.15) is 0 Å². The predicted octanol–water partition coefficient (Wildman–Crippen LogP) is 6.15. The number of benzene rings is 2. The zero-order chi connectivity index (χ0) is 19.0. The van der Waals surface area contributed by atoms with Gasteiger partial charge in [0.05, 0.1) is 11.2 Å². The minimum absolute atomic E-state index is 0.247. The van der Waals surface area contributed by atoms with Crippen molar-refractivity contribution < 1.29 is 9.18 Å². The number of rotatable bonds is 5. The molecule has 2 aromatic heterocycles. The van der Waals surface area contributed by atoms with Crippen molar-refractivity contribution in [2.24, 2.45) is 0 Å². The van der Waals surface area contributed by atoms with Crippen LogP contribution in [0.4, 0.5) is 4.39 Å². The van der Waals surface area contributed by atoms with Gasteiger partial charge in [-0.15, -0.1) is 0 Å². The van der Waals surface area contributed by atoms with Crippen molar-refractivity contribution in [3.63, 3.8) is 0 Å². The fourth-order valence-corrected chi connectivity index (χ4v) is 4.09. The quantitative estimate of drug-likeness (QED) is 0.391. The fourth-order valence-electron chi connectivity index (χ4n) is 4.09. The number of pyridine rings is 1. The minimum atomic E-state index is -0.247. The van der Waals surface area contributed by atoms with Crippen LogP contribution in [0, 0.1) is 5.82 Å². The van der Waals surface area contributed by atoms with E-state index >= 15 is 0 Å². The zero-order valence-corrected chi connectivity index (χ0v) is 15.6. The first-order chi connectivity index (χ1) is 13.1. The summed E-state index contributed by atoms with van der Waals surface area (Å²) in [5, 5.41) is 2.39. The summed E-state index contributed by atoms with van der Waals surface area (Å²) in [6.07, 6.45) is 4.22. The number of carbonyl (C=O) groups is 1. The summed E-state index contributed by atoms with van der Waals surface area (Å²) in [5.41, 5.74) is 5.66. The summed E-state index contributed by atoms with van der Waals surface area (Å²) in [5.74, 6) is 0.0604. The minimum Gasteiger partial charge on any atom is -0.315 e. The molecule has 0 fully saturated rings.